The molecule has 0 spiro atoms. The monoisotopic (exact) mass is 847 g/mol. The molecule has 2 bridgehead atoms. The molecule has 2 heterocycles. The molecule has 60 heavy (non-hydrogen) atoms. The van der Waals surface area contributed by atoms with Crippen molar-refractivity contribution < 1.29 is 54.2 Å². The van der Waals surface area contributed by atoms with Crippen molar-refractivity contribution in [2.75, 3.05) is 19.6 Å². The molecular formula is C47H75FN2O10. The third-order valence-electron chi connectivity index (χ3n) is 17.1. The molecule has 0 radical (unpaired) electrons. The maximum atomic E-state index is 17.5. The van der Waals surface area contributed by atoms with E-state index in [4.69, 9.17) is 4.74 Å². The Labute approximate surface area is 356 Å². The Morgan fingerprint density at radius 1 is 0.950 bits per heavy atom. The highest BCUT2D eigenvalue weighted by Gasteiger charge is 2.72. The van der Waals surface area contributed by atoms with E-state index in [1.165, 1.54) is 19.9 Å². The minimum Gasteiger partial charge on any atom is -0.459 e. The number of hydrogen-bond acceptors (Lipinski definition) is 11. The summed E-state index contributed by atoms with van der Waals surface area (Å²) in [6.45, 7) is 15.7. The Morgan fingerprint density at radius 2 is 1.62 bits per heavy atom. The first-order valence-corrected chi connectivity index (χ1v) is 23.0. The van der Waals surface area contributed by atoms with Gasteiger partial charge in [0.15, 0.2) is 11.5 Å². The van der Waals surface area contributed by atoms with Gasteiger partial charge in [-0.15, -0.1) is 0 Å². The Kier molecular flexibility index (Phi) is 13.7. The van der Waals surface area contributed by atoms with E-state index >= 15 is 4.39 Å². The molecule has 5 aliphatic carbocycles. The number of ketones is 1. The summed E-state index contributed by atoms with van der Waals surface area (Å²) < 4.78 is 23.2. The molecule has 2 unspecified atom stereocenters. The van der Waals surface area contributed by atoms with Gasteiger partial charge < -0.3 is 40.7 Å². The number of unbranched alkanes of at least 4 members (excludes halogenated alkanes) is 3. The number of ether oxygens (including phenoxy) is 1. The predicted octanol–water partition coefficient (Wildman–Crippen LogP) is 4.17. The van der Waals surface area contributed by atoms with Gasteiger partial charge in [-0.1, -0.05) is 52.2 Å². The van der Waals surface area contributed by atoms with Crippen molar-refractivity contribution in [1.82, 2.24) is 10.2 Å². The number of halogens is 1. The van der Waals surface area contributed by atoms with Crippen LogP contribution in [0, 0.1) is 52.3 Å². The molecule has 12 nitrogen and oxygen atoms in total. The van der Waals surface area contributed by atoms with Gasteiger partial charge in [-0.05, 0) is 127 Å². The van der Waals surface area contributed by atoms with Gasteiger partial charge >= 0.3 is 5.97 Å². The minimum absolute atomic E-state index is 0.00234. The van der Waals surface area contributed by atoms with E-state index in [0.717, 1.165) is 31.3 Å². The van der Waals surface area contributed by atoms with Gasteiger partial charge in [0.1, 0.15) is 17.8 Å². The van der Waals surface area contributed by atoms with Crippen LogP contribution in [-0.4, -0.2) is 126 Å². The number of hydrogen-bond donors (Lipinski definition) is 7. The SMILES string of the molecule is CC[C@H]1OC(=O)[C@H](C)[C@@H](O)[C@H](C)[C@@H](O)C2(O)CC(CN(CCCCCCNC(=O)[C@H]3[C@H](C)CC4C5CCC6=CC(=O)C=C[C@]6(C)[C@@]5(F)[C@@H](O)C[C@@]43C)[C@H](C)[C@@H](O)[C@]1(C)O)C2. The number of aliphatic hydroxyl groups is 6. The van der Waals surface area contributed by atoms with Gasteiger partial charge in [-0.2, -0.15) is 0 Å². The van der Waals surface area contributed by atoms with E-state index < -0.39 is 88.0 Å². The molecule has 0 aromatic rings. The van der Waals surface area contributed by atoms with Crippen molar-refractivity contribution in [2.45, 2.75) is 179 Å². The molecule has 13 heteroatoms. The standard InChI is InChI=1S/C47H75FN2O10/c1-9-36-45(8,58)40(55)29(5)50(25-30-22-46(59,23-30)39(54)27(3)38(53)28(4)42(57)60-36)19-13-11-10-12-18-49-41(56)37-26(2)20-34-33-15-14-31-21-32(51)16-17-44(31,7)47(33,48)35(52)24-43(34,37)6/h16-17,21,26-30,33-40,52-55,58-59H,9-15,18-20,22-25H2,1-8H3,(H,49,56)/t26-,27+,28-,29-,30?,33?,34?,35+,36-,37-,38+,39-,40-,43+,44+,45-,46?,47+/m1/s1. The summed E-state index contributed by atoms with van der Waals surface area (Å²) in [5, 5.41) is 71.6. The van der Waals surface area contributed by atoms with Gasteiger partial charge in [0.2, 0.25) is 5.91 Å². The second-order valence-corrected chi connectivity index (χ2v) is 21.0. The number of nitrogens with one attached hydrogen (secondary N) is 1. The fourth-order valence-corrected chi connectivity index (χ4v) is 13.4. The molecular weight excluding hydrogens is 772 g/mol. The summed E-state index contributed by atoms with van der Waals surface area (Å²) in [7, 11) is 0. The molecule has 0 aromatic carbocycles. The third kappa shape index (κ3) is 7.97. The van der Waals surface area contributed by atoms with Crippen LogP contribution in [0.5, 0.6) is 0 Å². The van der Waals surface area contributed by atoms with Crippen LogP contribution in [0.1, 0.15) is 126 Å². The topological polar surface area (TPSA) is 197 Å². The molecule has 4 saturated carbocycles. The molecule has 0 aromatic heterocycles. The first kappa shape index (κ1) is 47.2. The smallest absolute Gasteiger partial charge is 0.311 e. The number of carbonyl (C=O) groups is 3. The number of fused-ring (bicyclic) bond motifs is 16. The average molecular weight is 847 g/mol. The molecule has 7 rings (SSSR count). The number of esters is 1. The van der Waals surface area contributed by atoms with Crippen molar-refractivity contribution in [3.63, 3.8) is 0 Å². The van der Waals surface area contributed by atoms with Crippen LogP contribution in [0.15, 0.2) is 23.8 Å². The fraction of sp³-hybridized carbons (Fsp3) is 0.851. The molecule has 7 N–H and O–H groups in total. The van der Waals surface area contributed by atoms with Crippen LogP contribution < -0.4 is 5.32 Å². The number of amides is 1. The lowest BCUT2D eigenvalue weighted by Crippen LogP contribution is -2.67. The zero-order chi connectivity index (χ0) is 44.3. The van der Waals surface area contributed by atoms with E-state index in [-0.39, 0.29) is 48.2 Å². The number of aliphatic hydroxyl groups excluding tert-OH is 4. The fourth-order valence-electron chi connectivity index (χ4n) is 13.4. The van der Waals surface area contributed by atoms with E-state index in [1.54, 1.807) is 26.0 Å². The number of rotatable bonds is 9. The number of alkyl halides is 1. The van der Waals surface area contributed by atoms with Gasteiger partial charge in [-0.3, -0.25) is 19.3 Å². The maximum absolute atomic E-state index is 17.5. The highest BCUT2D eigenvalue weighted by molar-refractivity contribution is 6.01. The van der Waals surface area contributed by atoms with E-state index in [1.807, 2.05) is 13.8 Å². The molecule has 340 valence electrons. The second-order valence-electron chi connectivity index (χ2n) is 21.0. The Balaban J connectivity index is 1.04. The Bertz CT molecular complexity index is 1670. The number of nitrogens with zero attached hydrogens (tertiary/aromatic N) is 1. The Hall–Kier alpha value is -2.26. The molecule has 1 amide bonds. The van der Waals surface area contributed by atoms with Crippen molar-refractivity contribution in [3.8, 4) is 0 Å². The highest BCUT2D eigenvalue weighted by atomic mass is 19.1. The summed E-state index contributed by atoms with van der Waals surface area (Å²) >= 11 is 0. The minimum atomic E-state index is -1.92. The van der Waals surface area contributed by atoms with Crippen molar-refractivity contribution in [1.29, 1.82) is 0 Å². The maximum Gasteiger partial charge on any atom is 0.311 e. The molecule has 7 aliphatic rings. The summed E-state index contributed by atoms with van der Waals surface area (Å²) in [5.41, 5.74) is -6.02. The van der Waals surface area contributed by atoms with E-state index in [9.17, 15) is 45.0 Å². The van der Waals surface area contributed by atoms with Crippen molar-refractivity contribution >= 4 is 17.7 Å². The Morgan fingerprint density at radius 3 is 2.28 bits per heavy atom. The van der Waals surface area contributed by atoms with Crippen LogP contribution in [-0.2, 0) is 19.1 Å². The van der Waals surface area contributed by atoms with Gasteiger partial charge in [-0.25, -0.2) is 4.39 Å². The molecule has 2 aliphatic heterocycles. The lowest BCUT2D eigenvalue weighted by atomic mass is 9.45. The van der Waals surface area contributed by atoms with Crippen LogP contribution in [0.3, 0.4) is 0 Å². The van der Waals surface area contributed by atoms with Gasteiger partial charge in [0, 0.05) is 42.3 Å². The molecule has 2 saturated heterocycles. The zero-order valence-electron chi connectivity index (χ0n) is 37.3. The van der Waals surface area contributed by atoms with E-state index in [0.29, 0.717) is 51.7 Å². The average Bonchev–Trinajstić information content (AvgIpc) is 3.45. The van der Waals surface area contributed by atoms with Crippen molar-refractivity contribution in [3.05, 3.63) is 23.8 Å². The highest BCUT2D eigenvalue weighted by Crippen LogP contribution is 2.69. The van der Waals surface area contributed by atoms with E-state index in [2.05, 4.69) is 24.1 Å². The number of allylic oxidation sites excluding steroid dienone is 4. The van der Waals surface area contributed by atoms with Crippen LogP contribution >= 0.6 is 0 Å². The number of carbonyl (C=O) groups excluding carboxylic acids is 3. The molecule has 16 atom stereocenters. The second kappa shape index (κ2) is 17.4. The summed E-state index contributed by atoms with van der Waals surface area (Å²) in [6, 6.07) is -0.546. The first-order valence-electron chi connectivity index (χ1n) is 23.0. The lowest BCUT2D eigenvalue weighted by molar-refractivity contribution is -0.195. The largest absolute Gasteiger partial charge is 0.459 e. The van der Waals surface area contributed by atoms with Gasteiger partial charge in [0.05, 0.1) is 29.8 Å². The summed E-state index contributed by atoms with van der Waals surface area (Å²) in [6.07, 6.45) is 4.49. The summed E-state index contributed by atoms with van der Waals surface area (Å²) in [4.78, 5) is 41.4. The molecule has 6 fully saturated rings. The lowest BCUT2D eigenvalue weighted by Gasteiger charge is -2.61. The zero-order valence-corrected chi connectivity index (χ0v) is 37.3. The van der Waals surface area contributed by atoms with Crippen LogP contribution in [0.25, 0.3) is 0 Å². The van der Waals surface area contributed by atoms with Crippen LogP contribution in [0.2, 0.25) is 0 Å². The predicted molar refractivity (Wildman–Crippen MR) is 224 cm³/mol. The van der Waals surface area contributed by atoms with Gasteiger partial charge in [0.25, 0.3) is 0 Å². The third-order valence-corrected chi connectivity index (χ3v) is 17.1. The van der Waals surface area contributed by atoms with Crippen LogP contribution in [0.4, 0.5) is 4.39 Å². The quantitative estimate of drug-likeness (QED) is 0.130. The summed E-state index contributed by atoms with van der Waals surface area (Å²) in [5.74, 6) is -3.63. The first-order chi connectivity index (χ1) is 28.0. The van der Waals surface area contributed by atoms with Crippen molar-refractivity contribution in [2.24, 2.45) is 52.3 Å². The normalized spacial score (nSPS) is 48.6.